The van der Waals surface area contributed by atoms with Gasteiger partial charge in [0.15, 0.2) is 0 Å². The monoisotopic (exact) mass is 242 g/mol. The summed E-state index contributed by atoms with van der Waals surface area (Å²) in [6.45, 7) is 13.7. The van der Waals surface area contributed by atoms with Gasteiger partial charge in [0.1, 0.15) is 0 Å². The molecule has 3 heteroatoms. The summed E-state index contributed by atoms with van der Waals surface area (Å²) in [4.78, 5) is 5.13. The average molecular weight is 242 g/mol. The molecule has 16 heavy (non-hydrogen) atoms. The van der Waals surface area contributed by atoms with Gasteiger partial charge in [-0.3, -0.25) is 0 Å². The van der Waals surface area contributed by atoms with Crippen molar-refractivity contribution in [2.45, 2.75) is 44.9 Å². The van der Waals surface area contributed by atoms with E-state index in [0.29, 0.717) is 0 Å². The Morgan fingerprint density at radius 1 is 0.875 bits per heavy atom. The first-order valence-corrected chi connectivity index (χ1v) is 9.89. The first-order chi connectivity index (χ1) is 7.65. The molecule has 0 spiro atoms. The fourth-order valence-electron chi connectivity index (χ4n) is 2.75. The molecule has 0 saturated carbocycles. The number of likely N-dealkylation sites (N-methyl/N-ethyl adjacent to an activating group) is 1. The van der Waals surface area contributed by atoms with E-state index in [2.05, 4.69) is 37.6 Å². The van der Waals surface area contributed by atoms with Crippen molar-refractivity contribution in [3.8, 4) is 0 Å². The van der Waals surface area contributed by atoms with Crippen molar-refractivity contribution in [2.24, 2.45) is 0 Å². The number of rotatable bonds is 6. The minimum Gasteiger partial charge on any atom is -0.304 e. The fraction of sp³-hybridized carbons (Fsp3) is 1.00. The maximum atomic E-state index is 2.68. The predicted octanol–water partition coefficient (Wildman–Crippen LogP) is 2.74. The second-order valence-electron chi connectivity index (χ2n) is 5.46. The van der Waals surface area contributed by atoms with E-state index < -0.39 is 8.07 Å². The highest BCUT2D eigenvalue weighted by molar-refractivity contribution is 6.79. The lowest BCUT2D eigenvalue weighted by Gasteiger charge is -2.36. The van der Waals surface area contributed by atoms with Crippen LogP contribution in [0.4, 0.5) is 0 Å². The molecule has 0 amide bonds. The van der Waals surface area contributed by atoms with Gasteiger partial charge in [-0.2, -0.15) is 0 Å². The second-order valence-corrected chi connectivity index (χ2v) is 11.1. The maximum absolute atomic E-state index is 2.68. The molecular weight excluding hydrogens is 212 g/mol. The van der Waals surface area contributed by atoms with Crippen molar-refractivity contribution >= 4 is 8.07 Å². The van der Waals surface area contributed by atoms with E-state index in [1.54, 1.807) is 0 Å². The van der Waals surface area contributed by atoms with Crippen LogP contribution in [0.15, 0.2) is 0 Å². The maximum Gasteiger partial charge on any atom is 0.0540 e. The third-order valence-electron chi connectivity index (χ3n) is 4.80. The highest BCUT2D eigenvalue weighted by Gasteiger charge is 2.27. The molecule has 0 aromatic heterocycles. The summed E-state index contributed by atoms with van der Waals surface area (Å²) in [7, 11) is 1.36. The Bertz CT molecular complexity index is 176. The molecule has 1 aliphatic heterocycles. The lowest BCUT2D eigenvalue weighted by atomic mass is 10.3. The highest BCUT2D eigenvalue weighted by atomic mass is 28.3. The zero-order valence-electron chi connectivity index (χ0n) is 11.8. The third kappa shape index (κ3) is 3.86. The molecule has 0 aliphatic carbocycles. The van der Waals surface area contributed by atoms with E-state index in [0.717, 1.165) is 0 Å². The molecule has 1 fully saturated rings. The third-order valence-corrected chi connectivity index (χ3v) is 10.6. The van der Waals surface area contributed by atoms with Gasteiger partial charge in [-0.15, -0.1) is 0 Å². The van der Waals surface area contributed by atoms with Gasteiger partial charge in [0.05, 0.1) is 8.07 Å². The van der Waals surface area contributed by atoms with Crippen molar-refractivity contribution in [3.05, 3.63) is 0 Å². The predicted molar refractivity (Wildman–Crippen MR) is 75.9 cm³/mol. The Balaban J connectivity index is 2.32. The van der Waals surface area contributed by atoms with Crippen LogP contribution >= 0.6 is 0 Å². The molecule has 1 heterocycles. The van der Waals surface area contributed by atoms with Gasteiger partial charge in [-0.25, -0.2) is 0 Å². The first-order valence-electron chi connectivity index (χ1n) is 7.06. The van der Waals surface area contributed by atoms with Crippen LogP contribution in [0, 0.1) is 0 Å². The molecule has 0 N–H and O–H groups in total. The van der Waals surface area contributed by atoms with E-state index >= 15 is 0 Å². The molecule has 1 saturated heterocycles. The lowest BCUT2D eigenvalue weighted by molar-refractivity contribution is 0.159. The quantitative estimate of drug-likeness (QED) is 0.661. The Hall–Kier alpha value is 0.137. The van der Waals surface area contributed by atoms with Crippen LogP contribution in [0.2, 0.25) is 24.2 Å². The number of hydrogen-bond donors (Lipinski definition) is 0. The zero-order valence-corrected chi connectivity index (χ0v) is 12.8. The molecular formula is C13H30N2Si. The normalized spacial score (nSPS) is 20.2. The van der Waals surface area contributed by atoms with Gasteiger partial charge in [-0.05, 0) is 19.6 Å². The van der Waals surface area contributed by atoms with Gasteiger partial charge in [0.2, 0.25) is 0 Å². The summed E-state index contributed by atoms with van der Waals surface area (Å²) in [5, 5.41) is 0. The summed E-state index contributed by atoms with van der Waals surface area (Å²) in [5.74, 6) is 0. The standard InChI is InChI=1S/C13H30N2Si/c1-5-16(6-2,7-3)13-12-15-10-8-14(4)9-11-15/h5-13H2,1-4H3. The number of piperazine rings is 1. The van der Waals surface area contributed by atoms with Crippen molar-refractivity contribution < 1.29 is 0 Å². The van der Waals surface area contributed by atoms with Crippen LogP contribution < -0.4 is 0 Å². The second kappa shape index (κ2) is 6.77. The van der Waals surface area contributed by atoms with Gasteiger partial charge < -0.3 is 9.80 Å². The summed E-state index contributed by atoms with van der Waals surface area (Å²) >= 11 is 0. The Kier molecular flexibility index (Phi) is 6.01. The lowest BCUT2D eigenvalue weighted by Crippen LogP contribution is -2.46. The SMILES string of the molecule is CC[Si](CC)(CC)CCN1CCN(C)CC1. The molecule has 0 bridgehead atoms. The van der Waals surface area contributed by atoms with Gasteiger partial charge in [0, 0.05) is 26.2 Å². The molecule has 1 aliphatic rings. The van der Waals surface area contributed by atoms with Crippen molar-refractivity contribution in [3.63, 3.8) is 0 Å². The fourth-order valence-corrected chi connectivity index (χ4v) is 6.10. The zero-order chi connectivity index (χ0) is 12.0. The Labute approximate surface area is 103 Å². The molecule has 0 atom stereocenters. The summed E-state index contributed by atoms with van der Waals surface area (Å²) < 4.78 is 0. The van der Waals surface area contributed by atoms with Gasteiger partial charge >= 0.3 is 0 Å². The topological polar surface area (TPSA) is 6.48 Å². The molecule has 1 rings (SSSR count). The first kappa shape index (κ1) is 14.2. The Morgan fingerprint density at radius 2 is 1.38 bits per heavy atom. The van der Waals surface area contributed by atoms with Crippen LogP contribution in [-0.2, 0) is 0 Å². The Morgan fingerprint density at radius 3 is 1.81 bits per heavy atom. The largest absolute Gasteiger partial charge is 0.304 e. The summed E-state index contributed by atoms with van der Waals surface area (Å²) in [6, 6.07) is 5.97. The van der Waals surface area contributed by atoms with E-state index in [1.807, 2.05) is 0 Å². The van der Waals surface area contributed by atoms with Crippen molar-refractivity contribution in [1.82, 2.24) is 9.80 Å². The van der Waals surface area contributed by atoms with Crippen LogP contribution in [0.5, 0.6) is 0 Å². The number of hydrogen-bond acceptors (Lipinski definition) is 2. The highest BCUT2D eigenvalue weighted by Crippen LogP contribution is 2.25. The van der Waals surface area contributed by atoms with E-state index in [9.17, 15) is 0 Å². The molecule has 2 nitrogen and oxygen atoms in total. The summed E-state index contributed by atoms with van der Waals surface area (Å²) in [5.41, 5.74) is 0. The molecule has 96 valence electrons. The van der Waals surface area contributed by atoms with Gasteiger partial charge in [-0.1, -0.05) is 38.9 Å². The van der Waals surface area contributed by atoms with Gasteiger partial charge in [0.25, 0.3) is 0 Å². The van der Waals surface area contributed by atoms with E-state index in [-0.39, 0.29) is 0 Å². The van der Waals surface area contributed by atoms with Crippen LogP contribution in [0.25, 0.3) is 0 Å². The van der Waals surface area contributed by atoms with Crippen molar-refractivity contribution in [2.75, 3.05) is 39.8 Å². The van der Waals surface area contributed by atoms with Crippen LogP contribution in [0.1, 0.15) is 20.8 Å². The molecule has 0 radical (unpaired) electrons. The van der Waals surface area contributed by atoms with E-state index in [4.69, 9.17) is 0 Å². The summed E-state index contributed by atoms with van der Waals surface area (Å²) in [6.07, 6.45) is 0. The molecule has 0 aromatic rings. The number of nitrogens with zero attached hydrogens (tertiary/aromatic N) is 2. The average Bonchev–Trinajstić information content (AvgIpc) is 2.34. The van der Waals surface area contributed by atoms with Crippen LogP contribution in [-0.4, -0.2) is 57.6 Å². The smallest absolute Gasteiger partial charge is 0.0540 e. The van der Waals surface area contributed by atoms with E-state index in [1.165, 1.54) is 56.9 Å². The van der Waals surface area contributed by atoms with Crippen molar-refractivity contribution in [1.29, 1.82) is 0 Å². The molecule has 0 aromatic carbocycles. The van der Waals surface area contributed by atoms with Crippen LogP contribution in [0.3, 0.4) is 0 Å². The minimum atomic E-state index is -0.874. The molecule has 0 unspecified atom stereocenters. The minimum absolute atomic E-state index is 0.874.